The van der Waals surface area contributed by atoms with Crippen LogP contribution in [0.4, 0.5) is 0 Å². The van der Waals surface area contributed by atoms with Gasteiger partial charge < -0.3 is 14.6 Å². The first kappa shape index (κ1) is 14.4. The van der Waals surface area contributed by atoms with Gasteiger partial charge in [-0.15, -0.1) is 0 Å². The molecule has 0 spiro atoms. The lowest BCUT2D eigenvalue weighted by Gasteiger charge is -2.38. The first-order chi connectivity index (χ1) is 8.24. The number of morpholine rings is 1. The van der Waals surface area contributed by atoms with Crippen LogP contribution in [0.25, 0.3) is 0 Å². The number of esters is 1. The Morgan fingerprint density at radius 3 is 2.94 bits per heavy atom. The largest absolute Gasteiger partial charge is 0.465 e. The summed E-state index contributed by atoms with van der Waals surface area (Å²) in [6.07, 6.45) is 1.67. The Bertz CT molecular complexity index is 235. The second-order valence-corrected chi connectivity index (χ2v) is 4.21. The van der Waals surface area contributed by atoms with Crippen LogP contribution in [0.1, 0.15) is 26.7 Å². The zero-order valence-corrected chi connectivity index (χ0v) is 10.7. The van der Waals surface area contributed by atoms with Crippen LogP contribution in [0.2, 0.25) is 0 Å². The molecule has 0 aliphatic carbocycles. The van der Waals surface area contributed by atoms with Gasteiger partial charge in [-0.3, -0.25) is 9.69 Å². The highest BCUT2D eigenvalue weighted by Gasteiger charge is 2.33. The molecule has 1 aliphatic rings. The van der Waals surface area contributed by atoms with E-state index in [9.17, 15) is 9.90 Å². The van der Waals surface area contributed by atoms with Crippen molar-refractivity contribution in [2.24, 2.45) is 0 Å². The number of hydrogen-bond donors (Lipinski definition) is 1. The van der Waals surface area contributed by atoms with Gasteiger partial charge in [0.1, 0.15) is 6.04 Å². The second kappa shape index (κ2) is 7.63. The van der Waals surface area contributed by atoms with Crippen molar-refractivity contribution in [2.75, 3.05) is 33.0 Å². The quantitative estimate of drug-likeness (QED) is 0.687. The third kappa shape index (κ3) is 3.94. The maximum absolute atomic E-state index is 11.9. The summed E-state index contributed by atoms with van der Waals surface area (Å²) in [5, 5.41) is 9.32. The number of aliphatic hydroxyl groups excluding tert-OH is 1. The van der Waals surface area contributed by atoms with Crippen molar-refractivity contribution in [3.8, 4) is 0 Å². The average molecular weight is 245 g/mol. The fourth-order valence-corrected chi connectivity index (χ4v) is 2.17. The number of rotatable bonds is 6. The van der Waals surface area contributed by atoms with Crippen LogP contribution < -0.4 is 0 Å². The molecule has 0 aromatic heterocycles. The van der Waals surface area contributed by atoms with Crippen molar-refractivity contribution in [1.82, 2.24) is 4.90 Å². The van der Waals surface area contributed by atoms with E-state index in [2.05, 4.69) is 0 Å². The van der Waals surface area contributed by atoms with Gasteiger partial charge in [-0.2, -0.15) is 0 Å². The van der Waals surface area contributed by atoms with Gasteiger partial charge in [-0.05, 0) is 13.3 Å². The molecule has 1 N–H and O–H groups in total. The summed E-state index contributed by atoms with van der Waals surface area (Å²) in [6, 6.07) is -0.342. The Kier molecular flexibility index (Phi) is 6.47. The Balaban J connectivity index is 2.69. The Morgan fingerprint density at radius 2 is 2.35 bits per heavy atom. The summed E-state index contributed by atoms with van der Waals surface area (Å²) in [4.78, 5) is 13.9. The molecule has 1 fully saturated rings. The van der Waals surface area contributed by atoms with Crippen LogP contribution in [-0.4, -0.2) is 61.0 Å². The van der Waals surface area contributed by atoms with Gasteiger partial charge in [0, 0.05) is 6.54 Å². The van der Waals surface area contributed by atoms with E-state index >= 15 is 0 Å². The molecule has 1 heterocycles. The first-order valence-corrected chi connectivity index (χ1v) is 6.35. The first-order valence-electron chi connectivity index (χ1n) is 6.35. The predicted octanol–water partition coefficient (Wildman–Crippen LogP) is 0.411. The van der Waals surface area contributed by atoms with Gasteiger partial charge in [0.15, 0.2) is 0 Å². The zero-order chi connectivity index (χ0) is 12.7. The van der Waals surface area contributed by atoms with Gasteiger partial charge in [-0.25, -0.2) is 0 Å². The highest BCUT2D eigenvalue weighted by atomic mass is 16.5. The highest BCUT2D eigenvalue weighted by Crippen LogP contribution is 2.16. The van der Waals surface area contributed by atoms with Crippen LogP contribution >= 0.6 is 0 Å². The van der Waals surface area contributed by atoms with Crippen LogP contribution in [0.3, 0.4) is 0 Å². The van der Waals surface area contributed by atoms with E-state index in [4.69, 9.17) is 9.47 Å². The zero-order valence-electron chi connectivity index (χ0n) is 10.7. The van der Waals surface area contributed by atoms with E-state index in [1.165, 1.54) is 0 Å². The molecule has 100 valence electrons. The normalized spacial score (nSPS) is 23.4. The van der Waals surface area contributed by atoms with Crippen LogP contribution in [0, 0.1) is 0 Å². The molecule has 0 amide bonds. The lowest BCUT2D eigenvalue weighted by Crippen LogP contribution is -2.55. The fraction of sp³-hybridized carbons (Fsp3) is 0.917. The van der Waals surface area contributed by atoms with Crippen molar-refractivity contribution in [3.63, 3.8) is 0 Å². The van der Waals surface area contributed by atoms with E-state index in [1.807, 2.05) is 18.7 Å². The maximum Gasteiger partial charge on any atom is 0.323 e. The van der Waals surface area contributed by atoms with Gasteiger partial charge >= 0.3 is 5.97 Å². The SMILES string of the molecule is CCCC(C(=O)OCC)N1CCOCC1CO. The Labute approximate surface area is 103 Å². The number of ether oxygens (including phenoxy) is 2. The minimum absolute atomic E-state index is 0.0135. The molecule has 0 aromatic rings. The Hall–Kier alpha value is -0.650. The van der Waals surface area contributed by atoms with Crippen molar-refractivity contribution in [1.29, 1.82) is 0 Å². The van der Waals surface area contributed by atoms with Crippen LogP contribution in [-0.2, 0) is 14.3 Å². The van der Waals surface area contributed by atoms with Gasteiger partial charge in [0.05, 0.1) is 32.5 Å². The molecule has 2 atom stereocenters. The predicted molar refractivity (Wildman–Crippen MR) is 63.7 cm³/mol. The molecule has 2 unspecified atom stereocenters. The monoisotopic (exact) mass is 245 g/mol. The lowest BCUT2D eigenvalue weighted by atomic mass is 10.1. The molecule has 0 aromatic carbocycles. The molecule has 5 heteroatoms. The molecular formula is C12H23NO4. The molecule has 5 nitrogen and oxygen atoms in total. The van der Waals surface area contributed by atoms with Crippen LogP contribution in [0.15, 0.2) is 0 Å². The summed E-state index contributed by atoms with van der Waals surface area (Å²) >= 11 is 0. The summed E-state index contributed by atoms with van der Waals surface area (Å²) in [5.74, 6) is -0.185. The smallest absolute Gasteiger partial charge is 0.323 e. The number of hydrogen-bond acceptors (Lipinski definition) is 5. The molecule has 17 heavy (non-hydrogen) atoms. The minimum atomic E-state index is -0.249. The number of carbonyl (C=O) groups is 1. The van der Waals surface area contributed by atoms with Crippen LogP contribution in [0.5, 0.6) is 0 Å². The Morgan fingerprint density at radius 1 is 1.59 bits per heavy atom. The summed E-state index contributed by atoms with van der Waals surface area (Å²) in [7, 11) is 0. The van der Waals surface area contributed by atoms with E-state index in [0.717, 1.165) is 12.8 Å². The van der Waals surface area contributed by atoms with E-state index < -0.39 is 0 Å². The molecule has 1 saturated heterocycles. The number of nitrogens with zero attached hydrogens (tertiary/aromatic N) is 1. The van der Waals surface area contributed by atoms with Crippen molar-refractivity contribution in [2.45, 2.75) is 38.8 Å². The van der Waals surface area contributed by atoms with Gasteiger partial charge in [0.2, 0.25) is 0 Å². The molecule has 0 saturated carbocycles. The second-order valence-electron chi connectivity index (χ2n) is 4.21. The van der Waals surface area contributed by atoms with Crippen molar-refractivity contribution in [3.05, 3.63) is 0 Å². The molecule has 0 bridgehead atoms. The maximum atomic E-state index is 11.9. The van der Waals surface area contributed by atoms with Gasteiger partial charge in [-0.1, -0.05) is 13.3 Å². The van der Waals surface area contributed by atoms with Crippen molar-refractivity contribution < 1.29 is 19.4 Å². The highest BCUT2D eigenvalue weighted by molar-refractivity contribution is 5.75. The summed E-state index contributed by atoms with van der Waals surface area (Å²) < 4.78 is 10.4. The molecule has 1 aliphatic heterocycles. The molecular weight excluding hydrogens is 222 g/mol. The lowest BCUT2D eigenvalue weighted by molar-refractivity contribution is -0.154. The van der Waals surface area contributed by atoms with E-state index in [0.29, 0.717) is 26.4 Å². The topological polar surface area (TPSA) is 59.0 Å². The van der Waals surface area contributed by atoms with E-state index in [1.54, 1.807) is 0 Å². The molecule has 0 radical (unpaired) electrons. The third-order valence-corrected chi connectivity index (χ3v) is 3.00. The number of aliphatic hydroxyl groups is 1. The summed E-state index contributed by atoms with van der Waals surface area (Å²) in [5.41, 5.74) is 0. The molecule has 1 rings (SSSR count). The van der Waals surface area contributed by atoms with Crippen molar-refractivity contribution >= 4 is 5.97 Å². The third-order valence-electron chi connectivity index (χ3n) is 3.00. The van der Waals surface area contributed by atoms with Gasteiger partial charge in [0.25, 0.3) is 0 Å². The average Bonchev–Trinajstić information content (AvgIpc) is 2.36. The number of carbonyl (C=O) groups excluding carboxylic acids is 1. The van der Waals surface area contributed by atoms with E-state index in [-0.39, 0.29) is 24.7 Å². The standard InChI is InChI=1S/C12H23NO4/c1-3-5-11(12(15)17-4-2)13-6-7-16-9-10(13)8-14/h10-11,14H,3-9H2,1-2H3. The summed E-state index contributed by atoms with van der Waals surface area (Å²) in [6.45, 7) is 6.03. The fourth-order valence-electron chi connectivity index (χ4n) is 2.17. The minimum Gasteiger partial charge on any atom is -0.465 e.